The Morgan fingerprint density at radius 3 is 2.75 bits per heavy atom. The van der Waals surface area contributed by atoms with Gasteiger partial charge >= 0.3 is 0 Å². The summed E-state index contributed by atoms with van der Waals surface area (Å²) in [5, 5.41) is 3.12. The normalized spacial score (nSPS) is 10.4. The number of nitrogens with zero attached hydrogens (tertiary/aromatic N) is 1. The lowest BCUT2D eigenvalue weighted by molar-refractivity contribution is 0.768. The molecule has 5 nitrogen and oxygen atoms in total. The van der Waals surface area contributed by atoms with Gasteiger partial charge in [0.15, 0.2) is 0 Å². The van der Waals surface area contributed by atoms with Crippen molar-refractivity contribution < 1.29 is 0 Å². The van der Waals surface area contributed by atoms with Crippen LogP contribution in [-0.4, -0.2) is 23.1 Å². The Morgan fingerprint density at radius 1 is 1.20 bits per heavy atom. The number of nitrogens with one attached hydrogen (secondary N) is 2. The number of aromatic nitrogens is 2. The Labute approximate surface area is 118 Å². The van der Waals surface area contributed by atoms with Crippen molar-refractivity contribution in [1.29, 1.82) is 0 Å². The fourth-order valence-corrected chi connectivity index (χ4v) is 1.96. The smallest absolute Gasteiger partial charge is 0.252 e. The molecule has 0 radical (unpaired) electrons. The average molecular weight is 272 g/mol. The van der Waals surface area contributed by atoms with E-state index >= 15 is 0 Å². The van der Waals surface area contributed by atoms with Crippen molar-refractivity contribution in [3.8, 4) is 0 Å². The first-order chi connectivity index (χ1) is 9.78. The topological polar surface area (TPSA) is 83.8 Å². The lowest BCUT2D eigenvalue weighted by atomic mass is 10.1. The molecule has 2 rings (SSSR count). The highest BCUT2D eigenvalue weighted by atomic mass is 16.1. The lowest BCUT2D eigenvalue weighted by Crippen LogP contribution is -2.15. The van der Waals surface area contributed by atoms with E-state index in [1.54, 1.807) is 0 Å². The van der Waals surface area contributed by atoms with Crippen molar-refractivity contribution in [2.75, 3.05) is 18.4 Å². The van der Waals surface area contributed by atoms with E-state index in [2.05, 4.69) is 15.3 Å². The fraction of sp³-hybridized carbons (Fsp3) is 0.333. The third kappa shape index (κ3) is 4.51. The Bertz CT molecular complexity index is 580. The van der Waals surface area contributed by atoms with Gasteiger partial charge in [-0.1, -0.05) is 30.3 Å². The number of nitrogens with two attached hydrogens (primary N) is 1. The quantitative estimate of drug-likeness (QED) is 0.667. The summed E-state index contributed by atoms with van der Waals surface area (Å²) in [4.78, 5) is 18.8. The summed E-state index contributed by atoms with van der Waals surface area (Å²) >= 11 is 0. The van der Waals surface area contributed by atoms with Crippen molar-refractivity contribution in [2.45, 2.75) is 19.3 Å². The molecule has 1 aromatic heterocycles. The van der Waals surface area contributed by atoms with Gasteiger partial charge in [-0.25, -0.2) is 4.98 Å². The van der Waals surface area contributed by atoms with Crippen LogP contribution < -0.4 is 16.6 Å². The molecule has 0 aliphatic carbocycles. The molecule has 0 aliphatic heterocycles. The standard InChI is InChI=1S/C15H20N4O/c16-8-4-5-9-17-15-18-13(11-14(20)19-15)10-12-6-2-1-3-7-12/h1-3,6-7,11H,4-5,8-10,16H2,(H2,17,18,19,20). The Hall–Kier alpha value is -2.14. The zero-order valence-electron chi connectivity index (χ0n) is 11.4. The predicted molar refractivity (Wildman–Crippen MR) is 80.9 cm³/mol. The summed E-state index contributed by atoms with van der Waals surface area (Å²) < 4.78 is 0. The molecule has 106 valence electrons. The third-order valence-corrected chi connectivity index (χ3v) is 2.95. The third-order valence-electron chi connectivity index (χ3n) is 2.95. The summed E-state index contributed by atoms with van der Waals surface area (Å²) in [5.41, 5.74) is 7.21. The molecular formula is C15H20N4O. The number of hydrogen-bond acceptors (Lipinski definition) is 4. The van der Waals surface area contributed by atoms with Crippen molar-refractivity contribution in [1.82, 2.24) is 9.97 Å². The molecule has 0 atom stereocenters. The van der Waals surface area contributed by atoms with E-state index in [9.17, 15) is 4.79 Å². The van der Waals surface area contributed by atoms with Crippen molar-refractivity contribution in [2.24, 2.45) is 5.73 Å². The number of hydrogen-bond donors (Lipinski definition) is 3. The van der Waals surface area contributed by atoms with Gasteiger partial charge in [0, 0.05) is 19.0 Å². The summed E-state index contributed by atoms with van der Waals surface area (Å²) in [7, 11) is 0. The van der Waals surface area contributed by atoms with E-state index in [-0.39, 0.29) is 5.56 Å². The van der Waals surface area contributed by atoms with Crippen LogP contribution in [0.2, 0.25) is 0 Å². The van der Waals surface area contributed by atoms with E-state index in [1.807, 2.05) is 30.3 Å². The molecule has 0 bridgehead atoms. The average Bonchev–Trinajstić information content (AvgIpc) is 2.44. The zero-order valence-corrected chi connectivity index (χ0v) is 11.4. The molecule has 0 saturated carbocycles. The molecule has 0 saturated heterocycles. The molecule has 0 spiro atoms. The molecular weight excluding hydrogens is 252 g/mol. The Morgan fingerprint density at radius 2 is 2.00 bits per heavy atom. The van der Waals surface area contributed by atoms with Crippen LogP contribution in [0.25, 0.3) is 0 Å². The van der Waals surface area contributed by atoms with E-state index in [1.165, 1.54) is 6.07 Å². The molecule has 0 amide bonds. The van der Waals surface area contributed by atoms with Crippen LogP contribution in [0.15, 0.2) is 41.2 Å². The maximum atomic E-state index is 11.6. The Kier molecular flexibility index (Phi) is 5.32. The Balaban J connectivity index is 2.03. The van der Waals surface area contributed by atoms with Gasteiger partial charge in [0.05, 0.1) is 5.69 Å². The second-order valence-corrected chi connectivity index (χ2v) is 4.67. The summed E-state index contributed by atoms with van der Waals surface area (Å²) in [6.07, 6.45) is 2.58. The predicted octanol–water partition coefficient (Wildman–Crippen LogP) is 1.51. The van der Waals surface area contributed by atoms with Gasteiger partial charge in [-0.2, -0.15) is 0 Å². The first-order valence-electron chi connectivity index (χ1n) is 6.86. The van der Waals surface area contributed by atoms with Gasteiger partial charge < -0.3 is 11.1 Å². The maximum Gasteiger partial charge on any atom is 0.252 e. The van der Waals surface area contributed by atoms with Crippen LogP contribution in [-0.2, 0) is 6.42 Å². The molecule has 4 N–H and O–H groups in total. The van der Waals surface area contributed by atoms with E-state index in [0.29, 0.717) is 18.9 Å². The van der Waals surface area contributed by atoms with E-state index in [4.69, 9.17) is 5.73 Å². The van der Waals surface area contributed by atoms with Crippen LogP contribution in [0.1, 0.15) is 24.1 Å². The van der Waals surface area contributed by atoms with Crippen molar-refractivity contribution in [3.05, 3.63) is 58.0 Å². The molecule has 2 aromatic rings. The summed E-state index contributed by atoms with van der Waals surface area (Å²) in [5.74, 6) is 0.528. The second kappa shape index (κ2) is 7.45. The first-order valence-corrected chi connectivity index (χ1v) is 6.86. The van der Waals surface area contributed by atoms with Gasteiger partial charge in [-0.15, -0.1) is 0 Å². The highest BCUT2D eigenvalue weighted by Crippen LogP contribution is 2.06. The molecule has 1 heterocycles. The lowest BCUT2D eigenvalue weighted by Gasteiger charge is -2.07. The van der Waals surface area contributed by atoms with Crippen LogP contribution in [0.5, 0.6) is 0 Å². The number of anilines is 1. The van der Waals surface area contributed by atoms with Gasteiger partial charge in [0.2, 0.25) is 5.95 Å². The van der Waals surface area contributed by atoms with Crippen molar-refractivity contribution in [3.63, 3.8) is 0 Å². The van der Waals surface area contributed by atoms with Gasteiger partial charge in [0.25, 0.3) is 5.56 Å². The van der Waals surface area contributed by atoms with Crippen LogP contribution in [0.4, 0.5) is 5.95 Å². The minimum Gasteiger partial charge on any atom is -0.356 e. The first kappa shape index (κ1) is 14.3. The van der Waals surface area contributed by atoms with E-state index in [0.717, 1.165) is 30.6 Å². The number of H-pyrrole nitrogens is 1. The van der Waals surface area contributed by atoms with Crippen molar-refractivity contribution >= 4 is 5.95 Å². The monoisotopic (exact) mass is 272 g/mol. The zero-order chi connectivity index (χ0) is 14.2. The van der Waals surface area contributed by atoms with Gasteiger partial charge in [-0.3, -0.25) is 9.78 Å². The summed E-state index contributed by atoms with van der Waals surface area (Å²) in [6, 6.07) is 11.5. The molecule has 0 fully saturated rings. The minimum atomic E-state index is -0.132. The van der Waals surface area contributed by atoms with Crippen LogP contribution in [0.3, 0.4) is 0 Å². The number of rotatable bonds is 7. The van der Waals surface area contributed by atoms with Gasteiger partial charge in [-0.05, 0) is 24.9 Å². The van der Waals surface area contributed by atoms with Crippen LogP contribution >= 0.6 is 0 Å². The largest absolute Gasteiger partial charge is 0.356 e. The molecule has 5 heteroatoms. The molecule has 1 aromatic carbocycles. The SMILES string of the molecule is NCCCCNc1nc(Cc2ccccc2)cc(=O)[nH]1. The summed E-state index contributed by atoms with van der Waals surface area (Å²) in [6.45, 7) is 1.44. The molecule has 0 unspecified atom stereocenters. The minimum absolute atomic E-state index is 0.132. The van der Waals surface area contributed by atoms with E-state index < -0.39 is 0 Å². The van der Waals surface area contributed by atoms with Gasteiger partial charge in [0.1, 0.15) is 0 Å². The molecule has 20 heavy (non-hydrogen) atoms. The molecule has 0 aliphatic rings. The second-order valence-electron chi connectivity index (χ2n) is 4.67. The number of unbranched alkanes of at least 4 members (excludes halogenated alkanes) is 1. The van der Waals surface area contributed by atoms with Crippen LogP contribution in [0, 0.1) is 0 Å². The number of aromatic amines is 1. The fourth-order valence-electron chi connectivity index (χ4n) is 1.96. The highest BCUT2D eigenvalue weighted by Gasteiger charge is 2.02. The maximum absolute atomic E-state index is 11.6. The highest BCUT2D eigenvalue weighted by molar-refractivity contribution is 5.28. The number of benzene rings is 1.